The number of hydrogen-bond donors (Lipinski definition) is 1. The van der Waals surface area contributed by atoms with Crippen molar-refractivity contribution in [1.29, 1.82) is 0 Å². The van der Waals surface area contributed by atoms with Crippen molar-refractivity contribution < 1.29 is 14.3 Å². The van der Waals surface area contributed by atoms with Gasteiger partial charge in [0, 0.05) is 11.1 Å². The molecule has 67 valence electrons. The van der Waals surface area contributed by atoms with E-state index in [1.54, 1.807) is 18.2 Å². The lowest BCUT2D eigenvalue weighted by Gasteiger charge is -2.16. The Hall–Kier alpha value is -1.55. The number of primary amides is 1. The van der Waals surface area contributed by atoms with Crippen LogP contribution in [-0.4, -0.2) is 5.91 Å². The number of benzene rings is 1. The summed E-state index contributed by atoms with van der Waals surface area (Å²) in [6.07, 6.45) is 0. The van der Waals surface area contributed by atoms with Gasteiger partial charge in [-0.2, -0.15) is 0 Å². The van der Waals surface area contributed by atoms with Crippen molar-refractivity contribution in [2.75, 3.05) is 0 Å². The zero-order chi connectivity index (χ0) is 9.26. The predicted octanol–water partition coefficient (Wildman–Crippen LogP) is 0.814. The average molecular weight is 178 g/mol. The molecule has 13 heavy (non-hydrogen) atoms. The van der Waals surface area contributed by atoms with Crippen LogP contribution in [0, 0.1) is 6.79 Å². The molecule has 0 fully saturated rings. The molecule has 1 aliphatic heterocycles. The van der Waals surface area contributed by atoms with Gasteiger partial charge in [0.05, 0.1) is 6.61 Å². The Labute approximate surface area is 75.2 Å². The zero-order valence-corrected chi connectivity index (χ0v) is 6.82. The number of nitrogens with two attached hydrogens (primary N) is 1. The number of hydrogen-bond acceptors (Lipinski definition) is 3. The highest BCUT2D eigenvalue weighted by Gasteiger charge is 2.12. The normalized spacial score (nSPS) is 14.5. The van der Waals surface area contributed by atoms with Gasteiger partial charge in [0.15, 0.2) is 0 Å². The second kappa shape index (κ2) is 3.06. The van der Waals surface area contributed by atoms with Crippen molar-refractivity contribution in [2.45, 2.75) is 6.61 Å². The van der Waals surface area contributed by atoms with Gasteiger partial charge in [-0.3, -0.25) is 4.79 Å². The highest BCUT2D eigenvalue weighted by atomic mass is 16.7. The molecule has 1 radical (unpaired) electrons. The molecule has 1 aliphatic rings. The van der Waals surface area contributed by atoms with Crippen LogP contribution in [-0.2, 0) is 11.3 Å². The fourth-order valence-electron chi connectivity index (χ4n) is 1.17. The predicted molar refractivity (Wildman–Crippen MR) is 44.7 cm³/mol. The van der Waals surface area contributed by atoms with Gasteiger partial charge in [-0.25, -0.2) is 0 Å². The minimum absolute atomic E-state index is 0.413. The monoisotopic (exact) mass is 178 g/mol. The molecule has 4 nitrogen and oxygen atoms in total. The molecule has 0 unspecified atom stereocenters. The first kappa shape index (κ1) is 8.07. The van der Waals surface area contributed by atoms with E-state index < -0.39 is 5.91 Å². The van der Waals surface area contributed by atoms with E-state index in [0.29, 0.717) is 17.9 Å². The summed E-state index contributed by atoms with van der Waals surface area (Å²) in [5, 5.41) is 0. The van der Waals surface area contributed by atoms with Crippen LogP contribution in [0.25, 0.3) is 0 Å². The number of carbonyl (C=O) groups excluding carboxylic acids is 1. The van der Waals surface area contributed by atoms with E-state index in [1.165, 1.54) is 6.79 Å². The molecule has 2 N–H and O–H groups in total. The Bertz CT molecular complexity index is 349. The molecule has 0 spiro atoms. The molecule has 4 heteroatoms. The maximum absolute atomic E-state index is 10.8. The Morgan fingerprint density at radius 1 is 1.46 bits per heavy atom. The summed E-state index contributed by atoms with van der Waals surface area (Å²) in [5.74, 6) is 0.258. The van der Waals surface area contributed by atoms with Gasteiger partial charge in [0.25, 0.3) is 6.79 Å². The molecule has 1 aromatic rings. The Morgan fingerprint density at radius 2 is 2.31 bits per heavy atom. The van der Waals surface area contributed by atoms with Gasteiger partial charge >= 0.3 is 0 Å². The summed E-state index contributed by atoms with van der Waals surface area (Å²) in [7, 11) is 0. The first-order valence-electron chi connectivity index (χ1n) is 3.80. The van der Waals surface area contributed by atoms with Crippen LogP contribution in [0.15, 0.2) is 18.2 Å². The second-order valence-corrected chi connectivity index (χ2v) is 2.71. The Morgan fingerprint density at radius 3 is 3.08 bits per heavy atom. The first-order valence-corrected chi connectivity index (χ1v) is 3.80. The highest BCUT2D eigenvalue weighted by molar-refractivity contribution is 5.93. The molecule has 0 saturated carbocycles. The van der Waals surface area contributed by atoms with Crippen molar-refractivity contribution in [2.24, 2.45) is 5.73 Å². The fraction of sp³-hybridized carbons (Fsp3) is 0.111. The lowest BCUT2D eigenvalue weighted by atomic mass is 10.1. The Balaban J connectivity index is 2.40. The second-order valence-electron chi connectivity index (χ2n) is 2.71. The molecular formula is C9H8NO3. The molecule has 1 heterocycles. The van der Waals surface area contributed by atoms with Crippen molar-refractivity contribution in [3.05, 3.63) is 36.1 Å². The molecule has 1 amide bonds. The summed E-state index contributed by atoms with van der Waals surface area (Å²) in [4.78, 5) is 10.8. The maximum Gasteiger partial charge on any atom is 0.263 e. The molecule has 0 aliphatic carbocycles. The molecule has 0 saturated heterocycles. The summed E-state index contributed by atoms with van der Waals surface area (Å²) in [6.45, 7) is 1.68. The standard InChI is InChI=1S/C9H8NO3/c10-9(11)6-1-2-8-7(3-6)4-12-5-13-8/h1-3,5H,4H2,(H2,10,11). The van der Waals surface area contributed by atoms with Crippen LogP contribution in [0.1, 0.15) is 15.9 Å². The van der Waals surface area contributed by atoms with E-state index in [1.807, 2.05) is 0 Å². The summed E-state index contributed by atoms with van der Waals surface area (Å²) in [5.41, 5.74) is 6.42. The number of carbonyl (C=O) groups is 1. The topological polar surface area (TPSA) is 61.6 Å². The van der Waals surface area contributed by atoms with Crippen LogP contribution >= 0.6 is 0 Å². The van der Waals surface area contributed by atoms with Gasteiger partial charge in [0.1, 0.15) is 5.75 Å². The van der Waals surface area contributed by atoms with E-state index >= 15 is 0 Å². The smallest absolute Gasteiger partial charge is 0.263 e. The number of rotatable bonds is 1. The third-order valence-electron chi connectivity index (χ3n) is 1.83. The SMILES string of the molecule is NC(=O)c1ccc2c(c1)CO[CH]O2. The van der Waals surface area contributed by atoms with E-state index in [0.717, 1.165) is 5.56 Å². The van der Waals surface area contributed by atoms with Gasteiger partial charge < -0.3 is 15.2 Å². The summed E-state index contributed by atoms with van der Waals surface area (Å²) in [6, 6.07) is 5.00. The van der Waals surface area contributed by atoms with Crippen LogP contribution in [0.5, 0.6) is 5.75 Å². The first-order chi connectivity index (χ1) is 6.27. The molecule has 0 bridgehead atoms. The molecule has 2 rings (SSSR count). The molecule has 0 aromatic heterocycles. The van der Waals surface area contributed by atoms with E-state index in [-0.39, 0.29) is 0 Å². The van der Waals surface area contributed by atoms with Gasteiger partial charge in [-0.1, -0.05) is 0 Å². The van der Waals surface area contributed by atoms with Crippen molar-refractivity contribution >= 4 is 5.91 Å². The third kappa shape index (κ3) is 1.48. The number of amides is 1. The molecule has 0 atom stereocenters. The van der Waals surface area contributed by atoms with E-state index in [4.69, 9.17) is 15.2 Å². The quantitative estimate of drug-likeness (QED) is 0.692. The Kier molecular flexibility index (Phi) is 1.90. The largest absolute Gasteiger partial charge is 0.458 e. The lowest BCUT2D eigenvalue weighted by molar-refractivity contribution is 0.0576. The van der Waals surface area contributed by atoms with Crippen LogP contribution in [0.3, 0.4) is 0 Å². The van der Waals surface area contributed by atoms with E-state index in [9.17, 15) is 4.79 Å². The van der Waals surface area contributed by atoms with Crippen molar-refractivity contribution in [1.82, 2.24) is 0 Å². The van der Waals surface area contributed by atoms with Crippen molar-refractivity contribution in [3.8, 4) is 5.75 Å². The minimum atomic E-state index is -0.447. The average Bonchev–Trinajstić information content (AvgIpc) is 2.17. The van der Waals surface area contributed by atoms with Crippen LogP contribution in [0.2, 0.25) is 0 Å². The van der Waals surface area contributed by atoms with Gasteiger partial charge in [-0.05, 0) is 18.2 Å². The van der Waals surface area contributed by atoms with Gasteiger partial charge in [-0.15, -0.1) is 0 Å². The highest BCUT2D eigenvalue weighted by Crippen LogP contribution is 2.25. The van der Waals surface area contributed by atoms with Gasteiger partial charge in [0.2, 0.25) is 5.91 Å². The zero-order valence-electron chi connectivity index (χ0n) is 6.82. The number of ether oxygens (including phenoxy) is 2. The number of fused-ring (bicyclic) bond motifs is 1. The maximum atomic E-state index is 10.8. The van der Waals surface area contributed by atoms with Crippen LogP contribution < -0.4 is 10.5 Å². The fourth-order valence-corrected chi connectivity index (χ4v) is 1.17. The molecule has 1 aromatic carbocycles. The summed E-state index contributed by atoms with van der Waals surface area (Å²) >= 11 is 0. The lowest BCUT2D eigenvalue weighted by Crippen LogP contribution is -2.13. The summed E-state index contributed by atoms with van der Waals surface area (Å²) < 4.78 is 9.99. The third-order valence-corrected chi connectivity index (χ3v) is 1.83. The molecular weight excluding hydrogens is 170 g/mol. The van der Waals surface area contributed by atoms with E-state index in [2.05, 4.69) is 0 Å². The van der Waals surface area contributed by atoms with Crippen molar-refractivity contribution in [3.63, 3.8) is 0 Å². The van der Waals surface area contributed by atoms with Crippen LogP contribution in [0.4, 0.5) is 0 Å². The minimum Gasteiger partial charge on any atom is -0.458 e.